The molecule has 0 rings (SSSR count). The second-order valence-corrected chi connectivity index (χ2v) is 5.16. The number of ketones is 1. The van der Waals surface area contributed by atoms with Gasteiger partial charge >= 0.3 is 0 Å². The summed E-state index contributed by atoms with van der Waals surface area (Å²) in [6.45, 7) is 2.20. The van der Waals surface area contributed by atoms with Crippen LogP contribution in [0.25, 0.3) is 0 Å². The van der Waals surface area contributed by atoms with E-state index in [2.05, 4.69) is 6.92 Å². The van der Waals surface area contributed by atoms with E-state index >= 15 is 0 Å². The van der Waals surface area contributed by atoms with E-state index in [1.165, 1.54) is 48.4 Å². The molecule has 0 unspecified atom stereocenters. The topological polar surface area (TPSA) is 17.1 Å². The van der Waals surface area contributed by atoms with Crippen LogP contribution in [0.4, 0.5) is 0 Å². The third-order valence-electron chi connectivity index (χ3n) is 2.62. The van der Waals surface area contributed by atoms with Crippen molar-refractivity contribution in [3.05, 3.63) is 0 Å². The van der Waals surface area contributed by atoms with E-state index in [1.54, 1.807) is 0 Å². The molecule has 2 heteroatoms. The van der Waals surface area contributed by atoms with Gasteiger partial charge in [0.05, 0.1) is 0 Å². The van der Waals surface area contributed by atoms with Crippen LogP contribution in [0.1, 0.15) is 64.7 Å². The number of unbranched alkanes of at least 4 members (excludes halogenated alkanes) is 5. The highest BCUT2D eigenvalue weighted by atomic mass is 28.1. The molecule has 0 radical (unpaired) electrons. The predicted molar refractivity (Wildman–Crippen MR) is 67.0 cm³/mol. The summed E-state index contributed by atoms with van der Waals surface area (Å²) in [4.78, 5) is 11.4. The first-order valence-corrected chi connectivity index (χ1v) is 7.74. The van der Waals surface area contributed by atoms with Crippen LogP contribution in [0.5, 0.6) is 0 Å². The molecule has 0 spiro atoms. The lowest BCUT2D eigenvalue weighted by Crippen LogP contribution is -1.97. The zero-order valence-electron chi connectivity index (χ0n) is 9.98. The minimum absolute atomic E-state index is 0.495. The highest BCUT2D eigenvalue weighted by molar-refractivity contribution is 6.08. The first-order chi connectivity index (χ1) is 6.81. The van der Waals surface area contributed by atoms with Gasteiger partial charge < -0.3 is 0 Å². The van der Waals surface area contributed by atoms with Gasteiger partial charge in [-0.2, -0.15) is 0 Å². The highest BCUT2D eigenvalue weighted by Gasteiger charge is 2.00. The normalized spacial score (nSPS) is 10.6. The number of Topliss-reactive ketones (excluding diaryl/α,β-unsaturated/α-hetero) is 1. The summed E-state index contributed by atoms with van der Waals surface area (Å²) in [5.74, 6) is 0.495. The molecule has 0 saturated heterocycles. The summed E-state index contributed by atoms with van der Waals surface area (Å²) >= 11 is 0. The molecule has 0 atom stereocenters. The highest BCUT2D eigenvalue weighted by Crippen LogP contribution is 2.08. The maximum atomic E-state index is 11.4. The Morgan fingerprint density at radius 3 is 2.00 bits per heavy atom. The molecule has 0 bridgehead atoms. The molecule has 0 heterocycles. The Hall–Kier alpha value is -0.113. The van der Waals surface area contributed by atoms with Crippen LogP contribution in [0.15, 0.2) is 0 Å². The maximum absolute atomic E-state index is 11.4. The lowest BCUT2D eigenvalue weighted by Gasteiger charge is -2.00. The Bertz CT molecular complexity index is 120. The quantitative estimate of drug-likeness (QED) is 0.404. The van der Waals surface area contributed by atoms with Crippen molar-refractivity contribution in [1.29, 1.82) is 0 Å². The van der Waals surface area contributed by atoms with Crippen LogP contribution in [-0.4, -0.2) is 16.0 Å². The van der Waals surface area contributed by atoms with E-state index < -0.39 is 0 Å². The molecule has 0 aliphatic rings. The maximum Gasteiger partial charge on any atom is 0.132 e. The van der Waals surface area contributed by atoms with Crippen molar-refractivity contribution in [1.82, 2.24) is 0 Å². The first-order valence-electron chi connectivity index (χ1n) is 6.33. The van der Waals surface area contributed by atoms with Crippen molar-refractivity contribution in [3.63, 3.8) is 0 Å². The van der Waals surface area contributed by atoms with Crippen molar-refractivity contribution in [3.8, 4) is 0 Å². The fourth-order valence-corrected chi connectivity index (χ4v) is 2.12. The van der Waals surface area contributed by atoms with Gasteiger partial charge in [0.15, 0.2) is 0 Å². The minimum Gasteiger partial charge on any atom is -0.300 e. The number of rotatable bonds is 10. The molecule has 0 aliphatic heterocycles. The zero-order chi connectivity index (χ0) is 10.6. The van der Waals surface area contributed by atoms with E-state index in [4.69, 9.17) is 0 Å². The molecule has 0 saturated carbocycles. The number of carbonyl (C=O) groups is 1. The van der Waals surface area contributed by atoms with Crippen molar-refractivity contribution in [2.45, 2.75) is 70.8 Å². The van der Waals surface area contributed by atoms with E-state index in [9.17, 15) is 4.79 Å². The van der Waals surface area contributed by atoms with Crippen molar-refractivity contribution < 1.29 is 4.79 Å². The monoisotopic (exact) mass is 214 g/mol. The lowest BCUT2D eigenvalue weighted by atomic mass is 10.1. The van der Waals surface area contributed by atoms with Crippen LogP contribution in [-0.2, 0) is 4.79 Å². The largest absolute Gasteiger partial charge is 0.300 e. The van der Waals surface area contributed by atoms with E-state index in [0.717, 1.165) is 25.7 Å². The molecule has 0 aromatic heterocycles. The van der Waals surface area contributed by atoms with Gasteiger partial charge in [-0.15, -0.1) is 0 Å². The number of carbonyl (C=O) groups excluding carboxylic acids is 1. The molecule has 0 aromatic rings. The standard InChI is InChI=1S/C12H26OSi/c1-2-3-4-6-9-12(13)10-7-5-8-11-14/h2-11H2,1,14H3. The SMILES string of the molecule is CCCCCCC(=O)CCCCC[SiH3]. The molecular weight excluding hydrogens is 188 g/mol. The summed E-state index contributed by atoms with van der Waals surface area (Å²) in [5, 5.41) is 0. The summed E-state index contributed by atoms with van der Waals surface area (Å²) in [6, 6.07) is 1.39. The smallest absolute Gasteiger partial charge is 0.132 e. The average molecular weight is 214 g/mol. The van der Waals surface area contributed by atoms with Crippen LogP contribution >= 0.6 is 0 Å². The Kier molecular flexibility index (Phi) is 10.9. The second kappa shape index (κ2) is 11.0. The van der Waals surface area contributed by atoms with Crippen LogP contribution in [0, 0.1) is 0 Å². The average Bonchev–Trinajstić information content (AvgIpc) is 2.19. The van der Waals surface area contributed by atoms with Gasteiger partial charge in [-0.1, -0.05) is 45.1 Å². The third kappa shape index (κ3) is 9.97. The molecule has 14 heavy (non-hydrogen) atoms. The van der Waals surface area contributed by atoms with Crippen LogP contribution < -0.4 is 0 Å². The summed E-state index contributed by atoms with van der Waals surface area (Å²) in [7, 11) is 1.32. The third-order valence-corrected chi connectivity index (χ3v) is 3.33. The van der Waals surface area contributed by atoms with E-state index in [-0.39, 0.29) is 0 Å². The zero-order valence-corrected chi connectivity index (χ0v) is 12.0. The Labute approximate surface area is 92.1 Å². The lowest BCUT2D eigenvalue weighted by molar-refractivity contribution is -0.119. The van der Waals surface area contributed by atoms with Gasteiger partial charge in [0, 0.05) is 23.1 Å². The van der Waals surface area contributed by atoms with E-state index in [1.807, 2.05) is 0 Å². The van der Waals surface area contributed by atoms with Gasteiger partial charge in [0.2, 0.25) is 0 Å². The van der Waals surface area contributed by atoms with Gasteiger partial charge in [-0.05, 0) is 12.8 Å². The second-order valence-electron chi connectivity index (χ2n) is 4.16. The minimum atomic E-state index is 0.495. The van der Waals surface area contributed by atoms with E-state index in [0.29, 0.717) is 5.78 Å². The molecule has 0 fully saturated rings. The van der Waals surface area contributed by atoms with Crippen molar-refractivity contribution in [2.75, 3.05) is 0 Å². The van der Waals surface area contributed by atoms with Gasteiger partial charge in [0.1, 0.15) is 5.78 Å². The summed E-state index contributed by atoms with van der Waals surface area (Å²) in [5.41, 5.74) is 0. The molecular formula is C12H26OSi. The molecule has 84 valence electrons. The van der Waals surface area contributed by atoms with Gasteiger partial charge in [0.25, 0.3) is 0 Å². The molecule has 0 N–H and O–H groups in total. The van der Waals surface area contributed by atoms with Crippen LogP contribution in [0.3, 0.4) is 0 Å². The fraction of sp³-hybridized carbons (Fsp3) is 0.917. The molecule has 0 amide bonds. The Morgan fingerprint density at radius 2 is 1.50 bits per heavy atom. The summed E-state index contributed by atoms with van der Waals surface area (Å²) < 4.78 is 0. The predicted octanol–water partition coefficient (Wildman–Crippen LogP) is 2.87. The van der Waals surface area contributed by atoms with Gasteiger partial charge in [-0.3, -0.25) is 4.79 Å². The van der Waals surface area contributed by atoms with Crippen molar-refractivity contribution >= 4 is 16.0 Å². The Balaban J connectivity index is 3.11. The fourth-order valence-electron chi connectivity index (χ4n) is 1.62. The Morgan fingerprint density at radius 1 is 0.929 bits per heavy atom. The molecule has 1 nitrogen and oxygen atoms in total. The van der Waals surface area contributed by atoms with Gasteiger partial charge in [-0.25, -0.2) is 0 Å². The first kappa shape index (κ1) is 13.9. The number of hydrogen-bond donors (Lipinski definition) is 0. The van der Waals surface area contributed by atoms with Crippen molar-refractivity contribution in [2.24, 2.45) is 0 Å². The summed E-state index contributed by atoms with van der Waals surface area (Å²) in [6.07, 6.45) is 10.3. The molecule has 0 aliphatic carbocycles. The van der Waals surface area contributed by atoms with Crippen LogP contribution in [0.2, 0.25) is 6.04 Å². The molecule has 0 aromatic carbocycles. The number of hydrogen-bond acceptors (Lipinski definition) is 1.